The van der Waals surface area contributed by atoms with Gasteiger partial charge in [0, 0.05) is 29.2 Å². The zero-order chi connectivity index (χ0) is 24.4. The third kappa shape index (κ3) is 4.61. The van der Waals surface area contributed by atoms with E-state index in [4.69, 9.17) is 23.2 Å². The molecule has 0 spiro atoms. The molecule has 0 saturated heterocycles. The number of aromatic hydroxyl groups is 1. The van der Waals surface area contributed by atoms with Gasteiger partial charge in [-0.25, -0.2) is 0 Å². The first kappa shape index (κ1) is 22.6. The summed E-state index contributed by atoms with van der Waals surface area (Å²) in [5.74, 6) is -0.0300. The molecular formula is C25H19Cl2N7O. The smallest absolute Gasteiger partial charge is 0.134 e. The second-order valence-electron chi connectivity index (χ2n) is 7.79. The summed E-state index contributed by atoms with van der Waals surface area (Å²) in [6, 6.07) is 20.3. The fourth-order valence-corrected chi connectivity index (χ4v) is 4.31. The molecule has 10 heteroatoms. The standard InChI is InChI=1S/C25H19Cl2N7O/c26-19-9-16(6-7-22(19)35)31-23-15(11-28)12-29-25-18(23)8-17(10-20(25)27)32-24(21-13-30-34-33-21)14-4-2-1-3-5-14/h1-10,12-13,24,30,32-35H,(H,29,31)/t24-/m0/s1. The summed E-state index contributed by atoms with van der Waals surface area (Å²) >= 11 is 12.7. The Morgan fingerprint density at radius 2 is 1.80 bits per heavy atom. The van der Waals surface area contributed by atoms with Crippen LogP contribution in [0.1, 0.15) is 17.2 Å². The Bertz CT molecular complexity index is 1490. The van der Waals surface area contributed by atoms with Crippen LogP contribution in [0.3, 0.4) is 0 Å². The van der Waals surface area contributed by atoms with Crippen molar-refractivity contribution in [2.24, 2.45) is 0 Å². The van der Waals surface area contributed by atoms with Crippen LogP contribution in [-0.4, -0.2) is 10.1 Å². The minimum atomic E-state index is -0.216. The number of halogens is 2. The maximum absolute atomic E-state index is 9.76. The average molecular weight is 504 g/mol. The lowest BCUT2D eigenvalue weighted by Crippen LogP contribution is -2.33. The van der Waals surface area contributed by atoms with Gasteiger partial charge < -0.3 is 26.6 Å². The molecular weight excluding hydrogens is 485 g/mol. The quantitative estimate of drug-likeness (QED) is 0.192. The van der Waals surface area contributed by atoms with E-state index >= 15 is 0 Å². The van der Waals surface area contributed by atoms with Crippen LogP contribution in [0.5, 0.6) is 5.75 Å². The van der Waals surface area contributed by atoms with Crippen molar-refractivity contribution < 1.29 is 5.11 Å². The third-order valence-corrected chi connectivity index (χ3v) is 6.11. The summed E-state index contributed by atoms with van der Waals surface area (Å²) in [4.78, 5) is 4.41. The van der Waals surface area contributed by atoms with Crippen LogP contribution >= 0.6 is 23.2 Å². The molecule has 0 fully saturated rings. The van der Waals surface area contributed by atoms with Crippen molar-refractivity contribution in [3.05, 3.63) is 99.9 Å². The van der Waals surface area contributed by atoms with E-state index < -0.39 is 0 Å². The van der Waals surface area contributed by atoms with Crippen LogP contribution in [0, 0.1) is 11.3 Å². The van der Waals surface area contributed by atoms with Crippen molar-refractivity contribution in [3.8, 4) is 11.8 Å². The monoisotopic (exact) mass is 503 g/mol. The van der Waals surface area contributed by atoms with E-state index in [1.165, 1.54) is 12.3 Å². The van der Waals surface area contributed by atoms with Gasteiger partial charge in [-0.05, 0) is 35.9 Å². The lowest BCUT2D eigenvalue weighted by molar-refractivity contribution is 0.475. The molecule has 0 saturated carbocycles. The van der Waals surface area contributed by atoms with Gasteiger partial charge in [-0.2, -0.15) is 10.8 Å². The van der Waals surface area contributed by atoms with Gasteiger partial charge in [-0.3, -0.25) is 4.98 Å². The Kier molecular flexibility index (Phi) is 6.21. The molecule has 174 valence electrons. The molecule has 4 aromatic rings. The highest BCUT2D eigenvalue weighted by Crippen LogP contribution is 2.37. The highest BCUT2D eigenvalue weighted by atomic mass is 35.5. The zero-order valence-corrected chi connectivity index (χ0v) is 19.6. The Labute approximate surface area is 211 Å². The van der Waals surface area contributed by atoms with Crippen molar-refractivity contribution in [3.63, 3.8) is 0 Å². The van der Waals surface area contributed by atoms with E-state index in [0.29, 0.717) is 32.9 Å². The van der Waals surface area contributed by atoms with Gasteiger partial charge in [-0.15, -0.1) is 0 Å². The molecule has 6 N–H and O–H groups in total. The van der Waals surface area contributed by atoms with Gasteiger partial charge >= 0.3 is 0 Å². The molecule has 3 aromatic carbocycles. The third-order valence-electron chi connectivity index (χ3n) is 5.52. The number of hydrogen-bond donors (Lipinski definition) is 6. The molecule has 0 amide bonds. The summed E-state index contributed by atoms with van der Waals surface area (Å²) in [6.45, 7) is 0. The van der Waals surface area contributed by atoms with Crippen LogP contribution in [0.4, 0.5) is 17.1 Å². The average Bonchev–Trinajstić information content (AvgIpc) is 3.40. The van der Waals surface area contributed by atoms with Crippen LogP contribution in [0.15, 0.2) is 78.8 Å². The number of pyridine rings is 1. The molecule has 0 radical (unpaired) electrons. The highest BCUT2D eigenvalue weighted by Gasteiger charge is 2.21. The van der Waals surface area contributed by atoms with Crippen molar-refractivity contribution in [2.45, 2.75) is 6.04 Å². The summed E-state index contributed by atoms with van der Waals surface area (Å²) < 4.78 is 0. The maximum atomic E-state index is 9.76. The Morgan fingerprint density at radius 1 is 1.00 bits per heavy atom. The number of phenols is 1. The highest BCUT2D eigenvalue weighted by molar-refractivity contribution is 6.36. The Morgan fingerprint density at radius 3 is 2.51 bits per heavy atom. The minimum absolute atomic E-state index is 0.0300. The summed E-state index contributed by atoms with van der Waals surface area (Å²) in [5.41, 5.74) is 13.6. The fourth-order valence-electron chi connectivity index (χ4n) is 3.86. The van der Waals surface area contributed by atoms with Crippen molar-refractivity contribution in [2.75, 3.05) is 10.6 Å². The van der Waals surface area contributed by atoms with E-state index in [0.717, 1.165) is 16.9 Å². The van der Waals surface area contributed by atoms with E-state index in [9.17, 15) is 10.4 Å². The van der Waals surface area contributed by atoms with Gasteiger partial charge in [0.05, 0.1) is 38.6 Å². The molecule has 35 heavy (non-hydrogen) atoms. The van der Waals surface area contributed by atoms with Crippen LogP contribution in [-0.2, 0) is 0 Å². The van der Waals surface area contributed by atoms with Gasteiger partial charge in [-0.1, -0.05) is 53.5 Å². The first-order chi connectivity index (χ1) is 17.0. The van der Waals surface area contributed by atoms with Crippen molar-refractivity contribution in [1.29, 1.82) is 5.26 Å². The number of rotatable bonds is 6. The zero-order valence-electron chi connectivity index (χ0n) is 18.1. The van der Waals surface area contributed by atoms with Gasteiger partial charge in [0.1, 0.15) is 11.8 Å². The maximum Gasteiger partial charge on any atom is 0.134 e. The van der Waals surface area contributed by atoms with E-state index in [1.54, 1.807) is 18.2 Å². The van der Waals surface area contributed by atoms with E-state index in [-0.39, 0.29) is 16.8 Å². The van der Waals surface area contributed by atoms with Crippen LogP contribution in [0.2, 0.25) is 10.0 Å². The van der Waals surface area contributed by atoms with Gasteiger partial charge in [0.15, 0.2) is 0 Å². The molecule has 8 nitrogen and oxygen atoms in total. The summed E-state index contributed by atoms with van der Waals surface area (Å²) in [5, 5.41) is 27.6. The number of anilines is 3. The molecule has 1 aliphatic rings. The number of nitriles is 1. The van der Waals surface area contributed by atoms with Crippen molar-refractivity contribution >= 4 is 51.2 Å². The number of phenolic OH excluding ortho intramolecular Hbond substituents is 1. The predicted octanol–water partition coefficient (Wildman–Crippen LogP) is 5.47. The first-order valence-electron chi connectivity index (χ1n) is 10.6. The summed E-state index contributed by atoms with van der Waals surface area (Å²) in [6.07, 6.45) is 3.31. The van der Waals surface area contributed by atoms with Gasteiger partial charge in [0.2, 0.25) is 0 Å². The minimum Gasteiger partial charge on any atom is -0.506 e. The Hall–Kier alpha value is -4.16. The molecule has 1 aromatic heterocycles. The van der Waals surface area contributed by atoms with Crippen LogP contribution in [0.25, 0.3) is 10.9 Å². The number of nitrogens with one attached hydrogen (secondary N) is 5. The second-order valence-corrected chi connectivity index (χ2v) is 8.60. The summed E-state index contributed by atoms with van der Waals surface area (Å²) in [7, 11) is 0. The normalized spacial score (nSPS) is 13.3. The Balaban J connectivity index is 1.60. The first-order valence-corrected chi connectivity index (χ1v) is 11.3. The molecule has 0 bridgehead atoms. The van der Waals surface area contributed by atoms with Crippen LogP contribution < -0.4 is 27.0 Å². The molecule has 2 heterocycles. The molecule has 5 rings (SSSR count). The number of aromatic nitrogens is 1. The fraction of sp³-hybridized carbons (Fsp3) is 0.0400. The topological polar surface area (TPSA) is 117 Å². The molecule has 1 aliphatic heterocycles. The number of hydrazine groups is 2. The number of nitrogens with zero attached hydrogens (tertiary/aromatic N) is 2. The van der Waals surface area contributed by atoms with E-state index in [2.05, 4.69) is 38.1 Å². The SMILES string of the molecule is N#Cc1cnc2c(Cl)cc(N[C@H](C3=CNNN3)c3ccccc3)cc2c1Nc1ccc(O)c(Cl)c1. The molecule has 0 unspecified atom stereocenters. The largest absolute Gasteiger partial charge is 0.506 e. The number of hydrogen-bond acceptors (Lipinski definition) is 8. The molecule has 0 aliphatic carbocycles. The number of benzene rings is 3. The predicted molar refractivity (Wildman–Crippen MR) is 138 cm³/mol. The van der Waals surface area contributed by atoms with Crippen molar-refractivity contribution in [1.82, 2.24) is 21.4 Å². The second kappa shape index (κ2) is 9.60. The molecule has 1 atom stereocenters. The number of fused-ring (bicyclic) bond motifs is 1. The van der Waals surface area contributed by atoms with E-state index in [1.807, 2.05) is 42.6 Å². The lowest BCUT2D eigenvalue weighted by Gasteiger charge is -2.22. The lowest BCUT2D eigenvalue weighted by atomic mass is 10.0. The van der Waals surface area contributed by atoms with Gasteiger partial charge in [0.25, 0.3) is 0 Å².